The van der Waals surface area contributed by atoms with Crippen LogP contribution < -0.4 is 5.32 Å². The molecule has 6 heteroatoms. The molecule has 1 aromatic heterocycles. The second-order valence-corrected chi connectivity index (χ2v) is 4.27. The topological polar surface area (TPSA) is 103 Å². The van der Waals surface area contributed by atoms with Crippen molar-refractivity contribution < 1.29 is 14.7 Å². The molecular formula is C15H11N3O3. The third-order valence-corrected chi connectivity index (χ3v) is 2.69. The summed E-state index contributed by atoms with van der Waals surface area (Å²) in [6.07, 6.45) is 1.26. The van der Waals surface area contributed by atoms with Crippen LogP contribution >= 0.6 is 0 Å². The van der Waals surface area contributed by atoms with Gasteiger partial charge in [-0.2, -0.15) is 5.26 Å². The lowest BCUT2D eigenvalue weighted by molar-refractivity contribution is -0.136. The molecule has 21 heavy (non-hydrogen) atoms. The second-order valence-electron chi connectivity index (χ2n) is 4.27. The molecule has 0 radical (unpaired) electrons. The summed E-state index contributed by atoms with van der Waals surface area (Å²) < 4.78 is 0. The Morgan fingerprint density at radius 1 is 1.19 bits per heavy atom. The number of rotatable bonds is 4. The maximum Gasteiger partial charge on any atom is 0.307 e. The Morgan fingerprint density at radius 3 is 2.43 bits per heavy atom. The van der Waals surface area contributed by atoms with Crippen molar-refractivity contribution in [3.63, 3.8) is 0 Å². The number of carboxylic acids is 1. The zero-order valence-electron chi connectivity index (χ0n) is 10.9. The van der Waals surface area contributed by atoms with Crippen LogP contribution in [0.4, 0.5) is 5.69 Å². The maximum atomic E-state index is 11.9. The summed E-state index contributed by atoms with van der Waals surface area (Å²) in [5.74, 6) is -1.31. The van der Waals surface area contributed by atoms with Crippen molar-refractivity contribution >= 4 is 17.6 Å². The average molecular weight is 281 g/mol. The minimum Gasteiger partial charge on any atom is -0.481 e. The van der Waals surface area contributed by atoms with Gasteiger partial charge < -0.3 is 10.4 Å². The highest BCUT2D eigenvalue weighted by molar-refractivity contribution is 6.02. The third kappa shape index (κ3) is 3.88. The molecule has 0 spiro atoms. The van der Waals surface area contributed by atoms with E-state index >= 15 is 0 Å². The van der Waals surface area contributed by atoms with Gasteiger partial charge in [0.2, 0.25) is 0 Å². The number of benzene rings is 1. The normalized spacial score (nSPS) is 9.67. The number of nitrogens with one attached hydrogen (secondary N) is 1. The SMILES string of the molecule is N#Cc1ccc(C(=O)Nc2ccc(CC(=O)O)cc2)nc1. The van der Waals surface area contributed by atoms with Crippen molar-refractivity contribution in [2.45, 2.75) is 6.42 Å². The van der Waals surface area contributed by atoms with Crippen LogP contribution in [0.3, 0.4) is 0 Å². The number of hydrogen-bond acceptors (Lipinski definition) is 4. The number of pyridine rings is 1. The van der Waals surface area contributed by atoms with Crippen LogP contribution in [0.1, 0.15) is 21.6 Å². The van der Waals surface area contributed by atoms with Crippen LogP contribution in [-0.4, -0.2) is 22.0 Å². The summed E-state index contributed by atoms with van der Waals surface area (Å²) in [6.45, 7) is 0. The zero-order chi connectivity index (χ0) is 15.2. The van der Waals surface area contributed by atoms with Gasteiger partial charge in [-0.3, -0.25) is 9.59 Å². The lowest BCUT2D eigenvalue weighted by Gasteiger charge is -2.05. The smallest absolute Gasteiger partial charge is 0.307 e. The molecule has 0 bridgehead atoms. The summed E-state index contributed by atoms with van der Waals surface area (Å²) in [4.78, 5) is 26.4. The molecule has 0 aliphatic rings. The summed E-state index contributed by atoms with van der Waals surface area (Å²) in [6, 6.07) is 11.4. The lowest BCUT2D eigenvalue weighted by atomic mass is 10.1. The number of carbonyl (C=O) groups excluding carboxylic acids is 1. The van der Waals surface area contributed by atoms with Crippen molar-refractivity contribution in [3.8, 4) is 6.07 Å². The second kappa shape index (κ2) is 6.30. The summed E-state index contributed by atoms with van der Waals surface area (Å²) in [5.41, 5.74) is 1.77. The van der Waals surface area contributed by atoms with Crippen molar-refractivity contribution in [2.75, 3.05) is 5.32 Å². The predicted molar refractivity (Wildman–Crippen MR) is 74.7 cm³/mol. The molecule has 1 amide bonds. The molecule has 0 atom stereocenters. The molecule has 104 valence electrons. The Balaban J connectivity index is 2.05. The molecule has 6 nitrogen and oxygen atoms in total. The number of anilines is 1. The fourth-order valence-corrected chi connectivity index (χ4v) is 1.67. The van der Waals surface area contributed by atoms with Crippen LogP contribution in [0, 0.1) is 11.3 Å². The summed E-state index contributed by atoms with van der Waals surface area (Å²) in [5, 5.41) is 20.0. The van der Waals surface area contributed by atoms with Gasteiger partial charge in [0.15, 0.2) is 0 Å². The molecule has 1 aromatic carbocycles. The quantitative estimate of drug-likeness (QED) is 0.889. The first-order valence-corrected chi connectivity index (χ1v) is 6.07. The highest BCUT2D eigenvalue weighted by atomic mass is 16.4. The number of nitriles is 1. The van der Waals surface area contributed by atoms with E-state index in [0.717, 1.165) is 0 Å². The van der Waals surface area contributed by atoms with E-state index in [9.17, 15) is 9.59 Å². The molecule has 0 unspecified atom stereocenters. The van der Waals surface area contributed by atoms with E-state index in [0.29, 0.717) is 16.8 Å². The molecule has 0 fully saturated rings. The number of amides is 1. The Morgan fingerprint density at radius 2 is 1.90 bits per heavy atom. The largest absolute Gasteiger partial charge is 0.481 e. The van der Waals surface area contributed by atoms with E-state index in [1.54, 1.807) is 24.3 Å². The van der Waals surface area contributed by atoms with Crippen molar-refractivity contribution in [2.24, 2.45) is 0 Å². The number of hydrogen-bond donors (Lipinski definition) is 2. The van der Waals surface area contributed by atoms with Gasteiger partial charge in [-0.05, 0) is 29.8 Å². The van der Waals surface area contributed by atoms with E-state index in [1.165, 1.54) is 18.3 Å². The van der Waals surface area contributed by atoms with Crippen LogP contribution in [0.2, 0.25) is 0 Å². The first-order valence-electron chi connectivity index (χ1n) is 6.07. The standard InChI is InChI=1S/C15H11N3O3/c16-8-11-3-6-13(17-9-11)15(21)18-12-4-1-10(2-5-12)7-14(19)20/h1-6,9H,7H2,(H,18,21)(H,19,20). The Hall–Kier alpha value is -3.20. The third-order valence-electron chi connectivity index (χ3n) is 2.69. The number of aromatic nitrogens is 1. The van der Waals surface area contributed by atoms with Crippen LogP contribution in [0.15, 0.2) is 42.6 Å². The number of carboxylic acid groups (broad SMARTS) is 1. The molecule has 1 heterocycles. The first-order chi connectivity index (χ1) is 10.1. The molecule has 2 N–H and O–H groups in total. The van der Waals surface area contributed by atoms with Gasteiger partial charge in [0.25, 0.3) is 5.91 Å². The molecule has 2 aromatic rings. The Labute approximate surface area is 120 Å². The van der Waals surface area contributed by atoms with Crippen LogP contribution in [0.25, 0.3) is 0 Å². The number of aliphatic carboxylic acids is 1. The van der Waals surface area contributed by atoms with Gasteiger partial charge in [-0.25, -0.2) is 4.98 Å². The van der Waals surface area contributed by atoms with E-state index in [-0.39, 0.29) is 12.1 Å². The van der Waals surface area contributed by atoms with Gasteiger partial charge in [0.05, 0.1) is 12.0 Å². The minimum absolute atomic E-state index is 0.0641. The van der Waals surface area contributed by atoms with E-state index in [4.69, 9.17) is 10.4 Å². The van der Waals surface area contributed by atoms with E-state index < -0.39 is 11.9 Å². The summed E-state index contributed by atoms with van der Waals surface area (Å²) >= 11 is 0. The summed E-state index contributed by atoms with van der Waals surface area (Å²) in [7, 11) is 0. The maximum absolute atomic E-state index is 11.9. The first kappa shape index (κ1) is 14.2. The monoisotopic (exact) mass is 281 g/mol. The number of nitrogens with zero attached hydrogens (tertiary/aromatic N) is 2. The van der Waals surface area contributed by atoms with Gasteiger partial charge in [0, 0.05) is 11.9 Å². The van der Waals surface area contributed by atoms with Crippen molar-refractivity contribution in [1.29, 1.82) is 5.26 Å². The van der Waals surface area contributed by atoms with Crippen LogP contribution in [0.5, 0.6) is 0 Å². The molecule has 0 aliphatic carbocycles. The molecule has 2 rings (SSSR count). The lowest BCUT2D eigenvalue weighted by Crippen LogP contribution is -2.13. The Kier molecular flexibility index (Phi) is 4.26. The predicted octanol–water partition coefficient (Wildman–Crippen LogP) is 1.83. The number of carbonyl (C=O) groups is 2. The van der Waals surface area contributed by atoms with Gasteiger partial charge >= 0.3 is 5.97 Å². The van der Waals surface area contributed by atoms with E-state index in [1.807, 2.05) is 6.07 Å². The fraction of sp³-hybridized carbons (Fsp3) is 0.0667. The highest BCUT2D eigenvalue weighted by Gasteiger charge is 2.08. The highest BCUT2D eigenvalue weighted by Crippen LogP contribution is 2.11. The molecular weight excluding hydrogens is 270 g/mol. The van der Waals surface area contributed by atoms with Gasteiger partial charge in [-0.1, -0.05) is 12.1 Å². The molecule has 0 aliphatic heterocycles. The zero-order valence-corrected chi connectivity index (χ0v) is 10.9. The Bertz CT molecular complexity index is 700. The van der Waals surface area contributed by atoms with Crippen molar-refractivity contribution in [1.82, 2.24) is 4.98 Å². The van der Waals surface area contributed by atoms with Gasteiger partial charge in [0.1, 0.15) is 11.8 Å². The van der Waals surface area contributed by atoms with Crippen molar-refractivity contribution in [3.05, 3.63) is 59.4 Å². The molecule has 0 saturated carbocycles. The minimum atomic E-state index is -0.909. The fourth-order valence-electron chi connectivity index (χ4n) is 1.67. The van der Waals surface area contributed by atoms with E-state index in [2.05, 4.69) is 10.3 Å². The average Bonchev–Trinajstić information content (AvgIpc) is 2.49. The van der Waals surface area contributed by atoms with Gasteiger partial charge in [-0.15, -0.1) is 0 Å². The van der Waals surface area contributed by atoms with Crippen LogP contribution in [-0.2, 0) is 11.2 Å². The molecule has 0 saturated heterocycles.